The van der Waals surface area contributed by atoms with Crippen LogP contribution >= 0.6 is 0 Å². The Bertz CT molecular complexity index is 8390. The van der Waals surface area contributed by atoms with Crippen LogP contribution in [0.1, 0.15) is 23.0 Å². The molecule has 26 aromatic rings. The van der Waals surface area contributed by atoms with Gasteiger partial charge in [-0.1, -0.05) is 231 Å². The van der Waals surface area contributed by atoms with Crippen molar-refractivity contribution in [2.75, 3.05) is 0 Å². The highest BCUT2D eigenvalue weighted by Crippen LogP contribution is 2.43. The number of benzene rings is 14. The zero-order valence-corrected chi connectivity index (χ0v) is 70.5. The molecule has 0 fully saturated rings. The van der Waals surface area contributed by atoms with E-state index in [-0.39, 0.29) is 0 Å². The Morgan fingerprint density at radius 2 is 0.431 bits per heavy atom. The van der Waals surface area contributed by atoms with Crippen LogP contribution in [0.15, 0.2) is 391 Å². The SMILES string of the molecule is Cc1cc(-c2ccccn2)nc(-c2ccccn2)c1.Cc1nc(-c2ccc(-c3cccc4c3oc3ccccc34)cc2)nc(-c2ccc(-c3cccc4c3oc3ccccc34)cc2)n1.Cc1nc(-c2ccc3oc4ccccc4c3c2)nc(-c2ccc3oc4ccccc4c3c2)n1.Cc1nc(-c2cccc3c2oc2ccccc23)nc(-c2cccc3c2oc2ccccc23)n1. The van der Waals surface area contributed by atoms with Crippen LogP contribution in [0.2, 0.25) is 0 Å². The third-order valence-electron chi connectivity index (χ3n) is 23.3. The van der Waals surface area contributed by atoms with E-state index in [2.05, 4.69) is 197 Å². The van der Waals surface area contributed by atoms with Gasteiger partial charge >= 0.3 is 0 Å². The third kappa shape index (κ3) is 14.4. The first kappa shape index (κ1) is 77.2. The quantitative estimate of drug-likeness (QED) is 0.124. The maximum Gasteiger partial charge on any atom is 0.167 e. The molecule has 14 aromatic carbocycles. The molecular weight excluding hydrogens is 1610 g/mol. The smallest absolute Gasteiger partial charge is 0.167 e. The molecule has 130 heavy (non-hydrogen) atoms. The van der Waals surface area contributed by atoms with Gasteiger partial charge in [0.15, 0.2) is 34.9 Å². The highest BCUT2D eigenvalue weighted by Gasteiger charge is 2.23. The molecule has 0 amide bonds. The van der Waals surface area contributed by atoms with Crippen molar-refractivity contribution in [1.82, 2.24) is 59.8 Å². The molecule has 0 unspecified atom stereocenters. The van der Waals surface area contributed by atoms with Crippen LogP contribution in [-0.4, -0.2) is 59.8 Å². The molecule has 0 spiro atoms. The van der Waals surface area contributed by atoms with Crippen molar-refractivity contribution in [2.24, 2.45) is 0 Å². The van der Waals surface area contributed by atoms with Gasteiger partial charge in [0.25, 0.3) is 0 Å². The second kappa shape index (κ2) is 32.5. The van der Waals surface area contributed by atoms with Gasteiger partial charge in [-0.2, -0.15) is 0 Å². The summed E-state index contributed by atoms with van der Waals surface area (Å²) in [5.74, 6) is 5.70. The van der Waals surface area contributed by atoms with E-state index in [4.69, 9.17) is 41.5 Å². The number of para-hydroxylation sites is 10. The average Bonchev–Trinajstić information content (AvgIpc) is 1.90. The van der Waals surface area contributed by atoms with Gasteiger partial charge in [0.05, 0.1) is 33.9 Å². The van der Waals surface area contributed by atoms with Crippen LogP contribution in [-0.2, 0) is 0 Å². The monoisotopic (exact) mass is 1680 g/mol. The summed E-state index contributed by atoms with van der Waals surface area (Å²) in [6.45, 7) is 7.74. The van der Waals surface area contributed by atoms with E-state index in [0.29, 0.717) is 52.4 Å². The summed E-state index contributed by atoms with van der Waals surface area (Å²) >= 11 is 0. The zero-order chi connectivity index (χ0) is 86.9. The maximum absolute atomic E-state index is 6.27. The molecule has 0 radical (unpaired) electrons. The standard InChI is InChI=1S/C40H25N3O2.2C28H17N3O2.C16H13N3/c1-24-41-39(27-20-16-25(17-21-27)29-10-6-12-33-31-8-2-4-14-35(31)44-37(29)33)43-40(42-24)28-22-18-26(19-23-28)30-11-7-13-34-32-9-3-5-15-36(32)45-38(30)34;1-16-29-27(21-12-6-10-19-17-8-2-4-14-23(17)32-25(19)21)31-28(30-16)22-13-7-11-20-18-9-3-5-15-24(18)33-26(20)22;1-16-29-27(17-10-12-25-21(14-17)19-6-2-4-8-23(19)32-25)31-28(30-16)18-11-13-26-22(15-18)20-7-3-5-9-24(20)33-26;1-12-10-15(13-6-2-4-8-17-13)19-16(11-12)14-7-3-5-9-18-14/h2-23H,1H3;2*2-15H,1H3;2-11H,1H3. The Morgan fingerprint density at radius 3 is 0.777 bits per heavy atom. The van der Waals surface area contributed by atoms with Crippen molar-refractivity contribution in [1.29, 1.82) is 0 Å². The fourth-order valence-electron chi connectivity index (χ4n) is 17.3. The van der Waals surface area contributed by atoms with Gasteiger partial charge < -0.3 is 26.5 Å². The van der Waals surface area contributed by atoms with E-state index in [1.54, 1.807) is 12.4 Å². The van der Waals surface area contributed by atoms with Crippen LogP contribution in [0.5, 0.6) is 0 Å². The normalized spacial score (nSPS) is 11.5. The summed E-state index contributed by atoms with van der Waals surface area (Å²) in [6.07, 6.45) is 3.56. The summed E-state index contributed by atoms with van der Waals surface area (Å²) in [6, 6.07) is 118. The molecule has 0 atom stereocenters. The molecule has 0 saturated heterocycles. The average molecular weight is 1680 g/mol. The predicted molar refractivity (Wildman–Crippen MR) is 516 cm³/mol. The van der Waals surface area contributed by atoms with Gasteiger partial charge in [0.2, 0.25) is 0 Å². The number of aromatic nitrogens is 12. The van der Waals surface area contributed by atoms with E-state index in [1.165, 1.54) is 0 Å². The van der Waals surface area contributed by atoms with E-state index < -0.39 is 0 Å². The largest absolute Gasteiger partial charge is 0.456 e. The first-order valence-electron chi connectivity index (χ1n) is 42.7. The molecule has 0 saturated carbocycles. The van der Waals surface area contributed by atoms with E-state index in [0.717, 1.165) is 216 Å². The Balaban J connectivity index is 0.000000102. The lowest BCUT2D eigenvalue weighted by Crippen LogP contribution is -1.99. The zero-order valence-electron chi connectivity index (χ0n) is 70.5. The molecule has 18 heteroatoms. The molecule has 616 valence electrons. The first-order chi connectivity index (χ1) is 64.0. The maximum atomic E-state index is 6.27. The summed E-state index contributed by atoms with van der Waals surface area (Å²) in [7, 11) is 0. The second-order valence-electron chi connectivity index (χ2n) is 31.8. The van der Waals surface area contributed by atoms with Crippen molar-refractivity contribution in [3.63, 3.8) is 0 Å². The minimum Gasteiger partial charge on any atom is -0.456 e. The lowest BCUT2D eigenvalue weighted by molar-refractivity contribution is 0.668. The Hall–Kier alpha value is -17.6. The molecule has 0 aliphatic carbocycles. The second-order valence-corrected chi connectivity index (χ2v) is 31.8. The van der Waals surface area contributed by atoms with Crippen molar-refractivity contribution in [3.8, 4) is 113 Å². The van der Waals surface area contributed by atoms with Gasteiger partial charge in [0.1, 0.15) is 84.5 Å². The molecule has 12 aromatic heterocycles. The molecule has 0 aliphatic rings. The number of rotatable bonds is 10. The van der Waals surface area contributed by atoms with Crippen LogP contribution in [0.4, 0.5) is 0 Å². The van der Waals surface area contributed by atoms with Crippen LogP contribution < -0.4 is 0 Å². The molecule has 18 nitrogen and oxygen atoms in total. The lowest BCUT2D eigenvalue weighted by Gasteiger charge is -2.08. The third-order valence-corrected chi connectivity index (χ3v) is 23.3. The van der Waals surface area contributed by atoms with E-state index in [9.17, 15) is 0 Å². The van der Waals surface area contributed by atoms with Gasteiger partial charge in [-0.3, -0.25) is 9.97 Å². The highest BCUT2D eigenvalue weighted by atomic mass is 16.3. The Kier molecular flexibility index (Phi) is 19.3. The molecule has 0 aliphatic heterocycles. The van der Waals surface area contributed by atoms with Crippen molar-refractivity contribution >= 4 is 132 Å². The number of hydrogen-bond donors (Lipinski definition) is 0. The molecule has 0 N–H and O–H groups in total. The summed E-state index contributed by atoms with van der Waals surface area (Å²) in [5.41, 5.74) is 24.6. The van der Waals surface area contributed by atoms with Gasteiger partial charge in [0, 0.05) is 110 Å². The number of hydrogen-bond acceptors (Lipinski definition) is 18. The molecule has 12 heterocycles. The minimum atomic E-state index is 0.579. The summed E-state index contributed by atoms with van der Waals surface area (Å²) in [5, 5.41) is 13.0. The van der Waals surface area contributed by atoms with Gasteiger partial charge in [-0.15, -0.1) is 0 Å². The number of furan rings is 6. The van der Waals surface area contributed by atoms with Gasteiger partial charge in [-0.25, -0.2) is 49.8 Å². The number of pyridine rings is 3. The molecule has 0 bridgehead atoms. The van der Waals surface area contributed by atoms with Crippen LogP contribution in [0.25, 0.3) is 245 Å². The fourth-order valence-corrected chi connectivity index (χ4v) is 17.3. The topological polar surface area (TPSA) is 234 Å². The van der Waals surface area contributed by atoms with Crippen molar-refractivity contribution < 1.29 is 26.5 Å². The molecular formula is C112H72N12O6. The van der Waals surface area contributed by atoms with Crippen molar-refractivity contribution in [2.45, 2.75) is 27.7 Å². The summed E-state index contributed by atoms with van der Waals surface area (Å²) in [4.78, 5) is 55.9. The Labute approximate surface area is 741 Å². The van der Waals surface area contributed by atoms with Gasteiger partial charge in [-0.05, 0) is 166 Å². The number of aryl methyl sites for hydroxylation is 4. The first-order valence-corrected chi connectivity index (χ1v) is 42.7. The number of fused-ring (bicyclic) bond motifs is 18. The summed E-state index contributed by atoms with van der Waals surface area (Å²) < 4.78 is 36.9. The lowest BCUT2D eigenvalue weighted by atomic mass is 10.0. The molecule has 26 rings (SSSR count). The Morgan fingerprint density at radius 1 is 0.169 bits per heavy atom. The van der Waals surface area contributed by atoms with Crippen LogP contribution in [0, 0.1) is 27.7 Å². The van der Waals surface area contributed by atoms with Crippen molar-refractivity contribution in [3.05, 3.63) is 387 Å². The van der Waals surface area contributed by atoms with E-state index in [1.807, 2.05) is 227 Å². The van der Waals surface area contributed by atoms with E-state index >= 15 is 0 Å². The predicted octanol–water partition coefficient (Wildman–Crippen LogP) is 28.8. The highest BCUT2D eigenvalue weighted by molar-refractivity contribution is 6.14. The van der Waals surface area contributed by atoms with Crippen LogP contribution in [0.3, 0.4) is 0 Å². The minimum absolute atomic E-state index is 0.579. The number of nitrogens with zero attached hydrogens (tertiary/aromatic N) is 12. The fraction of sp³-hybridized carbons (Fsp3) is 0.0357.